The predicted octanol–water partition coefficient (Wildman–Crippen LogP) is 3.76. The van der Waals surface area contributed by atoms with Crippen LogP contribution in [-0.4, -0.2) is 19.6 Å². The SMILES string of the molecule is c1ccc(Cc2cc(C3CCCCC3)nn3ccnc23)nc1. The first-order valence-corrected chi connectivity index (χ1v) is 8.13. The van der Waals surface area contributed by atoms with Crippen LogP contribution in [-0.2, 0) is 6.42 Å². The second-order valence-corrected chi connectivity index (χ2v) is 6.12. The zero-order valence-electron chi connectivity index (χ0n) is 12.7. The lowest BCUT2D eigenvalue weighted by Crippen LogP contribution is -2.10. The lowest BCUT2D eigenvalue weighted by Gasteiger charge is -2.21. The minimum absolute atomic E-state index is 0.600. The van der Waals surface area contributed by atoms with Crippen molar-refractivity contribution in [1.29, 1.82) is 0 Å². The van der Waals surface area contributed by atoms with Gasteiger partial charge in [-0.15, -0.1) is 0 Å². The van der Waals surface area contributed by atoms with Crippen molar-refractivity contribution >= 4 is 5.65 Å². The molecule has 4 rings (SSSR count). The number of imidazole rings is 1. The Morgan fingerprint density at radius 3 is 2.77 bits per heavy atom. The van der Waals surface area contributed by atoms with Crippen molar-refractivity contribution in [1.82, 2.24) is 19.6 Å². The van der Waals surface area contributed by atoms with Crippen LogP contribution in [0.25, 0.3) is 5.65 Å². The second-order valence-electron chi connectivity index (χ2n) is 6.12. The summed E-state index contributed by atoms with van der Waals surface area (Å²) in [5, 5.41) is 4.79. The average molecular weight is 292 g/mol. The third-order valence-corrected chi connectivity index (χ3v) is 4.58. The van der Waals surface area contributed by atoms with Gasteiger partial charge in [0, 0.05) is 42.2 Å². The van der Waals surface area contributed by atoms with Crippen LogP contribution in [0.5, 0.6) is 0 Å². The average Bonchev–Trinajstić information content (AvgIpc) is 3.05. The van der Waals surface area contributed by atoms with Crippen molar-refractivity contribution in [3.05, 3.63) is 59.8 Å². The fraction of sp³-hybridized carbons (Fsp3) is 0.389. The summed E-state index contributed by atoms with van der Waals surface area (Å²) in [6.45, 7) is 0. The Morgan fingerprint density at radius 2 is 1.95 bits per heavy atom. The van der Waals surface area contributed by atoms with Crippen molar-refractivity contribution in [2.45, 2.75) is 44.4 Å². The van der Waals surface area contributed by atoms with Crippen LogP contribution >= 0.6 is 0 Å². The summed E-state index contributed by atoms with van der Waals surface area (Å²) in [5.41, 5.74) is 4.47. The molecule has 0 N–H and O–H groups in total. The maximum atomic E-state index is 4.79. The minimum atomic E-state index is 0.600. The molecule has 1 fully saturated rings. The molecule has 0 atom stereocenters. The quantitative estimate of drug-likeness (QED) is 0.738. The van der Waals surface area contributed by atoms with Crippen LogP contribution in [0.4, 0.5) is 0 Å². The molecule has 0 bridgehead atoms. The molecule has 0 amide bonds. The van der Waals surface area contributed by atoms with Crippen molar-refractivity contribution in [3.8, 4) is 0 Å². The van der Waals surface area contributed by atoms with Gasteiger partial charge in [0.2, 0.25) is 0 Å². The van der Waals surface area contributed by atoms with Gasteiger partial charge in [0.1, 0.15) is 0 Å². The van der Waals surface area contributed by atoms with Crippen molar-refractivity contribution < 1.29 is 0 Å². The Labute approximate surface area is 130 Å². The molecule has 3 aromatic rings. The molecule has 3 heterocycles. The molecule has 1 saturated carbocycles. The molecule has 0 saturated heterocycles. The van der Waals surface area contributed by atoms with Crippen molar-refractivity contribution in [2.24, 2.45) is 0 Å². The Kier molecular flexibility index (Phi) is 3.59. The van der Waals surface area contributed by atoms with Crippen LogP contribution in [0.15, 0.2) is 42.9 Å². The maximum absolute atomic E-state index is 4.79. The molecule has 112 valence electrons. The topological polar surface area (TPSA) is 43.1 Å². The highest BCUT2D eigenvalue weighted by atomic mass is 15.2. The summed E-state index contributed by atoms with van der Waals surface area (Å²) in [6.07, 6.45) is 13.0. The number of rotatable bonds is 3. The summed E-state index contributed by atoms with van der Waals surface area (Å²) in [4.78, 5) is 8.92. The van der Waals surface area contributed by atoms with E-state index >= 15 is 0 Å². The third kappa shape index (κ3) is 2.61. The van der Waals surface area contributed by atoms with E-state index in [1.165, 1.54) is 43.4 Å². The lowest BCUT2D eigenvalue weighted by atomic mass is 9.86. The van der Waals surface area contributed by atoms with E-state index in [1.54, 1.807) is 0 Å². The van der Waals surface area contributed by atoms with E-state index in [-0.39, 0.29) is 0 Å². The van der Waals surface area contributed by atoms with Crippen LogP contribution in [0, 0.1) is 0 Å². The zero-order chi connectivity index (χ0) is 14.8. The normalized spacial score (nSPS) is 16.2. The summed E-state index contributed by atoms with van der Waals surface area (Å²) < 4.78 is 1.93. The summed E-state index contributed by atoms with van der Waals surface area (Å²) in [6, 6.07) is 8.32. The highest BCUT2D eigenvalue weighted by molar-refractivity contribution is 5.49. The smallest absolute Gasteiger partial charge is 0.157 e. The molecule has 0 spiro atoms. The number of fused-ring (bicyclic) bond motifs is 1. The van der Waals surface area contributed by atoms with E-state index in [2.05, 4.69) is 22.1 Å². The second kappa shape index (κ2) is 5.87. The monoisotopic (exact) mass is 292 g/mol. The first-order valence-electron chi connectivity index (χ1n) is 8.13. The largest absolute Gasteiger partial charge is 0.261 e. The van der Waals surface area contributed by atoms with E-state index in [0.29, 0.717) is 5.92 Å². The summed E-state index contributed by atoms with van der Waals surface area (Å²) in [7, 11) is 0. The first-order chi connectivity index (χ1) is 10.9. The zero-order valence-corrected chi connectivity index (χ0v) is 12.7. The molecule has 0 aromatic carbocycles. The Morgan fingerprint density at radius 1 is 1.05 bits per heavy atom. The lowest BCUT2D eigenvalue weighted by molar-refractivity contribution is 0.432. The minimum Gasteiger partial charge on any atom is -0.261 e. The molecule has 22 heavy (non-hydrogen) atoms. The number of hydrogen-bond donors (Lipinski definition) is 0. The number of aromatic nitrogens is 4. The van der Waals surface area contributed by atoms with Crippen LogP contribution in [0.2, 0.25) is 0 Å². The van der Waals surface area contributed by atoms with Gasteiger partial charge in [-0.3, -0.25) is 4.98 Å². The fourth-order valence-electron chi connectivity index (χ4n) is 3.43. The fourth-order valence-corrected chi connectivity index (χ4v) is 3.43. The molecule has 0 unspecified atom stereocenters. The van der Waals surface area contributed by atoms with Crippen molar-refractivity contribution in [3.63, 3.8) is 0 Å². The van der Waals surface area contributed by atoms with E-state index in [0.717, 1.165) is 17.8 Å². The molecule has 4 heteroatoms. The van der Waals surface area contributed by atoms with Gasteiger partial charge < -0.3 is 0 Å². The van der Waals surface area contributed by atoms with Gasteiger partial charge in [0.25, 0.3) is 0 Å². The number of hydrogen-bond acceptors (Lipinski definition) is 3. The molecular formula is C18H20N4. The molecule has 3 aromatic heterocycles. The van der Waals surface area contributed by atoms with Gasteiger partial charge in [-0.1, -0.05) is 25.3 Å². The van der Waals surface area contributed by atoms with Crippen molar-refractivity contribution in [2.75, 3.05) is 0 Å². The van der Waals surface area contributed by atoms with Gasteiger partial charge in [-0.25, -0.2) is 9.50 Å². The first kappa shape index (κ1) is 13.4. The third-order valence-electron chi connectivity index (χ3n) is 4.58. The predicted molar refractivity (Wildman–Crippen MR) is 85.9 cm³/mol. The number of nitrogens with zero attached hydrogens (tertiary/aromatic N) is 4. The summed E-state index contributed by atoms with van der Waals surface area (Å²) >= 11 is 0. The van der Waals surface area contributed by atoms with Crippen LogP contribution in [0.1, 0.15) is 55.0 Å². The molecule has 0 aliphatic heterocycles. The Balaban J connectivity index is 1.73. The maximum Gasteiger partial charge on any atom is 0.157 e. The van der Waals surface area contributed by atoms with Gasteiger partial charge in [-0.05, 0) is 31.0 Å². The van der Waals surface area contributed by atoms with Gasteiger partial charge in [-0.2, -0.15) is 5.10 Å². The highest BCUT2D eigenvalue weighted by Gasteiger charge is 2.19. The van der Waals surface area contributed by atoms with Gasteiger partial charge >= 0.3 is 0 Å². The summed E-state index contributed by atoms with van der Waals surface area (Å²) in [5.74, 6) is 0.600. The van der Waals surface area contributed by atoms with E-state index in [9.17, 15) is 0 Å². The standard InChI is InChI=1S/C18H20N4/c1-2-6-14(7-3-1)17-13-15(12-16-8-4-5-9-19-16)18-20-10-11-22(18)21-17/h4-5,8-11,13-14H,1-3,6-7,12H2. The molecule has 0 radical (unpaired) electrons. The molecule has 1 aliphatic rings. The Hall–Kier alpha value is -2.23. The Bertz CT molecular complexity index is 757. The molecular weight excluding hydrogens is 272 g/mol. The van der Waals surface area contributed by atoms with E-state index in [1.807, 2.05) is 35.2 Å². The van der Waals surface area contributed by atoms with Crippen LogP contribution in [0.3, 0.4) is 0 Å². The van der Waals surface area contributed by atoms with Gasteiger partial charge in [0.15, 0.2) is 5.65 Å². The molecule has 1 aliphatic carbocycles. The highest BCUT2D eigenvalue weighted by Crippen LogP contribution is 2.32. The van der Waals surface area contributed by atoms with Gasteiger partial charge in [0.05, 0.1) is 5.69 Å². The van der Waals surface area contributed by atoms with E-state index < -0.39 is 0 Å². The van der Waals surface area contributed by atoms with Crippen LogP contribution < -0.4 is 0 Å². The number of pyridine rings is 1. The van der Waals surface area contributed by atoms with E-state index in [4.69, 9.17) is 5.10 Å². The molecule has 4 nitrogen and oxygen atoms in total.